The number of carbonyl (C=O) groups excluding carboxylic acids is 3. The Balaban J connectivity index is 4.48. The highest BCUT2D eigenvalue weighted by atomic mass is 16.6. The molecular weight excluding hydrogens is 877 g/mol. The van der Waals surface area contributed by atoms with Gasteiger partial charge in [0.2, 0.25) is 0 Å². The van der Waals surface area contributed by atoms with Crippen molar-refractivity contribution in [1.29, 1.82) is 0 Å². The number of rotatable bonds is 51. The number of hydrogen-bond acceptors (Lipinski definition) is 6. The number of carbonyl (C=O) groups is 3. The van der Waals surface area contributed by atoms with Crippen LogP contribution >= 0.6 is 0 Å². The second-order valence-electron chi connectivity index (χ2n) is 18.8. The molecule has 0 aromatic carbocycles. The van der Waals surface area contributed by atoms with Crippen molar-refractivity contribution in [2.75, 3.05) is 13.2 Å². The van der Waals surface area contributed by atoms with Crippen LogP contribution in [0.2, 0.25) is 0 Å². The predicted octanol–water partition coefficient (Wildman–Crippen LogP) is 19.6. The van der Waals surface area contributed by atoms with Crippen molar-refractivity contribution in [2.45, 2.75) is 258 Å². The highest BCUT2D eigenvalue weighted by Crippen LogP contribution is 2.13. The van der Waals surface area contributed by atoms with Crippen molar-refractivity contribution in [3.63, 3.8) is 0 Å². The Morgan fingerprint density at radius 1 is 0.296 bits per heavy atom. The summed E-state index contributed by atoms with van der Waals surface area (Å²) >= 11 is 0. The van der Waals surface area contributed by atoms with Crippen LogP contribution in [0, 0.1) is 0 Å². The topological polar surface area (TPSA) is 78.9 Å². The second kappa shape index (κ2) is 58.4. The molecule has 0 aliphatic rings. The van der Waals surface area contributed by atoms with E-state index in [9.17, 15) is 14.4 Å². The first-order valence-electron chi connectivity index (χ1n) is 29.0. The first-order valence-corrected chi connectivity index (χ1v) is 29.0. The maximum Gasteiger partial charge on any atom is 0.306 e. The van der Waals surface area contributed by atoms with Crippen LogP contribution in [0.5, 0.6) is 0 Å². The number of unbranched alkanes of at least 4 members (excludes halogenated alkanes) is 20. The van der Waals surface area contributed by atoms with Crippen LogP contribution in [0.4, 0.5) is 0 Å². The fourth-order valence-electron chi connectivity index (χ4n) is 7.57. The van der Waals surface area contributed by atoms with E-state index in [0.717, 1.165) is 148 Å². The zero-order valence-electron chi connectivity index (χ0n) is 45.9. The van der Waals surface area contributed by atoms with Crippen LogP contribution < -0.4 is 0 Å². The molecule has 0 N–H and O–H groups in total. The standard InChI is InChI=1S/C65H106O6/c1-4-7-10-13-16-19-22-25-27-29-31-32-34-35-37-40-43-46-49-52-55-58-64(67)70-61-62(60-69-63(66)57-54-51-48-45-42-39-24-21-18-15-12-9-6-3)71-65(68)59-56-53-50-47-44-41-38-36-33-30-28-26-23-20-17-14-11-8-5-2/h8,11-12,15,17,20-22,24-26,28-29,31,33-36,41,44,62H,4-7,9-10,13-14,16,18-19,23,27,30,32,37-40,42-43,45-61H2,1-3H3/b11-8-,15-12-,20-17-,24-21-,25-22-,28-26-,31-29-,35-34-,36-33-,44-41-. The molecule has 0 aromatic heterocycles. The highest BCUT2D eigenvalue weighted by Gasteiger charge is 2.19. The molecule has 0 saturated carbocycles. The van der Waals surface area contributed by atoms with E-state index in [1.54, 1.807) is 0 Å². The van der Waals surface area contributed by atoms with Gasteiger partial charge in [-0.05, 0) is 128 Å². The molecule has 6 nitrogen and oxygen atoms in total. The lowest BCUT2D eigenvalue weighted by atomic mass is 10.1. The first-order chi connectivity index (χ1) is 35.0. The molecule has 0 aliphatic heterocycles. The van der Waals surface area contributed by atoms with Gasteiger partial charge < -0.3 is 14.2 Å². The van der Waals surface area contributed by atoms with Gasteiger partial charge in [0.15, 0.2) is 6.10 Å². The molecule has 402 valence electrons. The van der Waals surface area contributed by atoms with Gasteiger partial charge >= 0.3 is 17.9 Å². The van der Waals surface area contributed by atoms with Crippen molar-refractivity contribution in [2.24, 2.45) is 0 Å². The van der Waals surface area contributed by atoms with Crippen molar-refractivity contribution < 1.29 is 28.6 Å². The molecule has 6 heteroatoms. The van der Waals surface area contributed by atoms with Crippen molar-refractivity contribution in [1.82, 2.24) is 0 Å². The summed E-state index contributed by atoms with van der Waals surface area (Å²) in [5, 5.41) is 0. The van der Waals surface area contributed by atoms with Crippen LogP contribution in [0.15, 0.2) is 122 Å². The Labute approximate surface area is 437 Å². The SMILES string of the molecule is CC/C=C\C/C=C\C/C=C\C/C=C\C/C=C\CCCCCC(=O)OC(COC(=O)CCCCCCC/C=C\C/C=C\CCC)COC(=O)CCCCCCCC/C=C\C/C=C\C/C=C\CCCCCCC. The molecule has 0 aliphatic carbocycles. The summed E-state index contributed by atoms with van der Waals surface area (Å²) in [4.78, 5) is 38.2. The lowest BCUT2D eigenvalue weighted by Gasteiger charge is -2.18. The van der Waals surface area contributed by atoms with Crippen LogP contribution in [0.1, 0.15) is 252 Å². The molecule has 0 aromatic rings. The van der Waals surface area contributed by atoms with Crippen LogP contribution in [-0.4, -0.2) is 37.2 Å². The number of allylic oxidation sites excluding steroid dienone is 20. The number of ether oxygens (including phenoxy) is 3. The number of esters is 3. The third kappa shape index (κ3) is 56.6. The third-order valence-corrected chi connectivity index (χ3v) is 11.9. The molecule has 1 unspecified atom stereocenters. The first kappa shape index (κ1) is 66.8. The summed E-state index contributed by atoms with van der Waals surface area (Å²) in [7, 11) is 0. The maximum atomic E-state index is 12.9. The monoisotopic (exact) mass is 983 g/mol. The molecule has 0 heterocycles. The van der Waals surface area contributed by atoms with E-state index in [0.29, 0.717) is 19.3 Å². The summed E-state index contributed by atoms with van der Waals surface area (Å²) < 4.78 is 16.8. The zero-order valence-corrected chi connectivity index (χ0v) is 45.9. The predicted molar refractivity (Wildman–Crippen MR) is 306 cm³/mol. The van der Waals surface area contributed by atoms with Gasteiger partial charge in [0.25, 0.3) is 0 Å². The maximum absolute atomic E-state index is 12.9. The molecule has 0 rings (SSSR count). The van der Waals surface area contributed by atoms with Crippen LogP contribution in [-0.2, 0) is 28.6 Å². The van der Waals surface area contributed by atoms with Crippen molar-refractivity contribution in [3.8, 4) is 0 Å². The molecule has 0 saturated heterocycles. The van der Waals surface area contributed by atoms with Gasteiger partial charge in [-0.15, -0.1) is 0 Å². The Morgan fingerprint density at radius 2 is 0.577 bits per heavy atom. The lowest BCUT2D eigenvalue weighted by Crippen LogP contribution is -2.30. The van der Waals surface area contributed by atoms with Gasteiger partial charge in [0.1, 0.15) is 13.2 Å². The molecule has 71 heavy (non-hydrogen) atoms. The quantitative estimate of drug-likeness (QED) is 0.0261. The lowest BCUT2D eigenvalue weighted by molar-refractivity contribution is -0.167. The Morgan fingerprint density at radius 3 is 0.930 bits per heavy atom. The van der Waals surface area contributed by atoms with Gasteiger partial charge in [-0.1, -0.05) is 226 Å². The Bertz CT molecular complexity index is 1500. The molecule has 0 bridgehead atoms. The van der Waals surface area contributed by atoms with Gasteiger partial charge in [0.05, 0.1) is 0 Å². The summed E-state index contributed by atoms with van der Waals surface area (Å²) in [6.07, 6.45) is 80.4. The molecular formula is C65H106O6. The van der Waals surface area contributed by atoms with E-state index in [1.165, 1.54) is 57.8 Å². The Hall–Kier alpha value is -4.19. The van der Waals surface area contributed by atoms with E-state index < -0.39 is 6.10 Å². The zero-order chi connectivity index (χ0) is 51.4. The minimum atomic E-state index is -0.811. The molecule has 0 amide bonds. The summed E-state index contributed by atoms with van der Waals surface area (Å²) in [6.45, 7) is 6.39. The van der Waals surface area contributed by atoms with E-state index in [-0.39, 0.29) is 37.5 Å². The van der Waals surface area contributed by atoms with E-state index >= 15 is 0 Å². The van der Waals surface area contributed by atoms with Crippen molar-refractivity contribution >= 4 is 17.9 Å². The molecule has 0 fully saturated rings. The van der Waals surface area contributed by atoms with Gasteiger partial charge in [-0.25, -0.2) is 0 Å². The summed E-state index contributed by atoms with van der Waals surface area (Å²) in [6, 6.07) is 0. The van der Waals surface area contributed by atoms with Crippen molar-refractivity contribution in [3.05, 3.63) is 122 Å². The smallest absolute Gasteiger partial charge is 0.306 e. The normalized spacial score (nSPS) is 13.0. The van der Waals surface area contributed by atoms with E-state index in [1.807, 2.05) is 0 Å². The summed E-state index contributed by atoms with van der Waals surface area (Å²) in [5.74, 6) is -0.967. The molecule has 1 atom stereocenters. The third-order valence-electron chi connectivity index (χ3n) is 11.9. The summed E-state index contributed by atoms with van der Waals surface area (Å²) in [5.41, 5.74) is 0. The molecule has 0 radical (unpaired) electrons. The average molecular weight is 984 g/mol. The second-order valence-corrected chi connectivity index (χ2v) is 18.8. The minimum absolute atomic E-state index is 0.106. The van der Waals surface area contributed by atoms with Gasteiger partial charge in [-0.3, -0.25) is 14.4 Å². The van der Waals surface area contributed by atoms with Crippen LogP contribution in [0.3, 0.4) is 0 Å². The average Bonchev–Trinajstić information content (AvgIpc) is 3.37. The Kier molecular flexibility index (Phi) is 54.9. The minimum Gasteiger partial charge on any atom is -0.462 e. The highest BCUT2D eigenvalue weighted by molar-refractivity contribution is 5.71. The fourth-order valence-corrected chi connectivity index (χ4v) is 7.57. The molecule has 0 spiro atoms. The van der Waals surface area contributed by atoms with E-state index in [4.69, 9.17) is 14.2 Å². The fraction of sp³-hybridized carbons (Fsp3) is 0.646. The van der Waals surface area contributed by atoms with E-state index in [2.05, 4.69) is 142 Å². The van der Waals surface area contributed by atoms with Gasteiger partial charge in [0, 0.05) is 19.3 Å². The largest absolute Gasteiger partial charge is 0.462 e. The van der Waals surface area contributed by atoms with Crippen LogP contribution in [0.25, 0.3) is 0 Å². The van der Waals surface area contributed by atoms with Gasteiger partial charge in [-0.2, -0.15) is 0 Å². The number of hydrogen-bond donors (Lipinski definition) is 0.